The number of hydrogen-bond acceptors (Lipinski definition) is 7. The van der Waals surface area contributed by atoms with Crippen molar-refractivity contribution < 1.29 is 9.21 Å². The molecule has 0 bridgehead atoms. The Balaban J connectivity index is 1.55. The molecule has 0 saturated heterocycles. The summed E-state index contributed by atoms with van der Waals surface area (Å²) in [7, 11) is 3.02. The number of carbonyl (C=O) groups excluding carboxylic acids is 1. The van der Waals surface area contributed by atoms with Gasteiger partial charge in [0.25, 0.3) is 5.56 Å². The standard InChI is InChI=1S/C22H20ClN7O4S/c1-27-18-17(19(32)28(2)22(27)33)29(11-13-5-7-14(23)8-6-13)20-25-26-21(30(18)20)35-12-16(31)24-10-15-4-3-9-34-15/h3-9H,10-12H2,1-2H3,(H,24,31). The molecule has 35 heavy (non-hydrogen) atoms. The Labute approximate surface area is 206 Å². The molecule has 0 fully saturated rings. The molecular formula is C22H20ClN7O4S. The third kappa shape index (κ3) is 4.15. The Hall–Kier alpha value is -3.77. The van der Waals surface area contributed by atoms with Crippen LogP contribution in [0.4, 0.5) is 0 Å². The molecule has 4 heterocycles. The number of amides is 1. The molecule has 5 aromatic rings. The zero-order valence-electron chi connectivity index (χ0n) is 18.8. The molecule has 0 atom stereocenters. The first-order chi connectivity index (χ1) is 16.8. The predicted molar refractivity (Wildman–Crippen MR) is 131 cm³/mol. The summed E-state index contributed by atoms with van der Waals surface area (Å²) in [4.78, 5) is 38.3. The van der Waals surface area contributed by atoms with Crippen molar-refractivity contribution in [3.05, 3.63) is 79.8 Å². The number of fused-ring (bicyclic) bond motifs is 3. The van der Waals surface area contributed by atoms with Gasteiger partial charge in [0.2, 0.25) is 11.7 Å². The minimum Gasteiger partial charge on any atom is -0.467 e. The minimum atomic E-state index is -0.478. The molecule has 0 aliphatic rings. The van der Waals surface area contributed by atoms with Gasteiger partial charge in [-0.1, -0.05) is 35.5 Å². The van der Waals surface area contributed by atoms with Crippen LogP contribution in [0.2, 0.25) is 5.02 Å². The maximum Gasteiger partial charge on any atom is 0.332 e. The molecule has 0 aliphatic carbocycles. The molecule has 1 amide bonds. The summed E-state index contributed by atoms with van der Waals surface area (Å²) in [5, 5.41) is 12.3. The van der Waals surface area contributed by atoms with E-state index in [9.17, 15) is 14.4 Å². The smallest absolute Gasteiger partial charge is 0.332 e. The summed E-state index contributed by atoms with van der Waals surface area (Å²) in [6, 6.07) is 10.8. The Bertz CT molecular complexity index is 1660. The summed E-state index contributed by atoms with van der Waals surface area (Å²) in [6.45, 7) is 0.580. The number of hydrogen-bond donors (Lipinski definition) is 1. The van der Waals surface area contributed by atoms with Gasteiger partial charge in [0.05, 0.1) is 25.1 Å². The number of imidazole rings is 1. The van der Waals surface area contributed by atoms with Crippen molar-refractivity contribution in [3.63, 3.8) is 0 Å². The van der Waals surface area contributed by atoms with Crippen molar-refractivity contribution in [2.24, 2.45) is 14.1 Å². The normalized spacial score (nSPS) is 11.5. The molecule has 0 unspecified atom stereocenters. The van der Waals surface area contributed by atoms with Crippen LogP contribution in [-0.4, -0.2) is 40.0 Å². The average Bonchev–Trinajstić information content (AvgIpc) is 3.58. The Morgan fingerprint density at radius 1 is 1.11 bits per heavy atom. The Kier molecular flexibility index (Phi) is 5.99. The fourth-order valence-corrected chi connectivity index (χ4v) is 4.71. The largest absolute Gasteiger partial charge is 0.467 e. The third-order valence-corrected chi connectivity index (χ3v) is 6.76. The number of carbonyl (C=O) groups is 1. The summed E-state index contributed by atoms with van der Waals surface area (Å²) in [5.74, 6) is 0.860. The van der Waals surface area contributed by atoms with Gasteiger partial charge in [0.1, 0.15) is 5.76 Å². The fraction of sp³-hybridized carbons (Fsp3) is 0.227. The molecule has 0 aliphatic heterocycles. The highest BCUT2D eigenvalue weighted by Gasteiger charge is 2.24. The number of aromatic nitrogens is 6. The molecule has 4 aromatic heterocycles. The lowest BCUT2D eigenvalue weighted by molar-refractivity contribution is -0.118. The topological polar surface area (TPSA) is 121 Å². The van der Waals surface area contributed by atoms with E-state index in [2.05, 4.69) is 15.5 Å². The van der Waals surface area contributed by atoms with Crippen molar-refractivity contribution >= 4 is 46.2 Å². The lowest BCUT2D eigenvalue weighted by atomic mass is 10.2. The second-order valence-electron chi connectivity index (χ2n) is 7.85. The molecule has 11 nitrogen and oxygen atoms in total. The molecule has 0 spiro atoms. The summed E-state index contributed by atoms with van der Waals surface area (Å²) >= 11 is 7.17. The molecule has 1 N–H and O–H groups in total. The number of aryl methyl sites for hydroxylation is 1. The van der Waals surface area contributed by atoms with Crippen LogP contribution in [-0.2, 0) is 32.0 Å². The SMILES string of the molecule is Cn1c(=O)c2c(n(C)c1=O)n1c(SCC(=O)NCc3ccco3)nnc1n2Cc1ccc(Cl)cc1. The number of benzene rings is 1. The van der Waals surface area contributed by atoms with E-state index in [1.54, 1.807) is 40.3 Å². The van der Waals surface area contributed by atoms with Crippen molar-refractivity contribution in [1.29, 1.82) is 0 Å². The quantitative estimate of drug-likeness (QED) is 0.329. The van der Waals surface area contributed by atoms with E-state index in [-0.39, 0.29) is 18.2 Å². The molecule has 0 saturated carbocycles. The summed E-state index contributed by atoms with van der Waals surface area (Å²) in [5.41, 5.74) is 0.618. The predicted octanol–water partition coefficient (Wildman–Crippen LogP) is 1.78. The monoisotopic (exact) mass is 513 g/mol. The summed E-state index contributed by atoms with van der Waals surface area (Å²) in [6.07, 6.45) is 1.54. The van der Waals surface area contributed by atoms with Gasteiger partial charge in [-0.05, 0) is 29.8 Å². The van der Waals surface area contributed by atoms with E-state index in [0.717, 1.165) is 21.9 Å². The fourth-order valence-electron chi connectivity index (χ4n) is 3.83. The lowest BCUT2D eigenvalue weighted by Gasteiger charge is -2.08. The van der Waals surface area contributed by atoms with Gasteiger partial charge < -0.3 is 9.73 Å². The number of furan rings is 1. The Morgan fingerprint density at radius 3 is 2.60 bits per heavy atom. The van der Waals surface area contributed by atoms with Crippen molar-refractivity contribution in [1.82, 2.24) is 33.6 Å². The first kappa shape index (κ1) is 23.0. The van der Waals surface area contributed by atoms with Crippen molar-refractivity contribution in [3.8, 4) is 0 Å². The van der Waals surface area contributed by atoms with E-state index < -0.39 is 11.2 Å². The third-order valence-electron chi connectivity index (χ3n) is 5.58. The van der Waals surface area contributed by atoms with Gasteiger partial charge in [-0.25, -0.2) is 9.20 Å². The minimum absolute atomic E-state index is 0.0597. The second-order valence-corrected chi connectivity index (χ2v) is 9.23. The van der Waals surface area contributed by atoms with Crippen LogP contribution in [0, 0.1) is 0 Å². The second kappa shape index (κ2) is 9.12. The zero-order valence-corrected chi connectivity index (χ0v) is 20.3. The number of nitrogens with zero attached hydrogens (tertiary/aromatic N) is 6. The van der Waals surface area contributed by atoms with Gasteiger partial charge >= 0.3 is 5.69 Å². The van der Waals surface area contributed by atoms with Gasteiger partial charge in [0, 0.05) is 19.1 Å². The highest BCUT2D eigenvalue weighted by molar-refractivity contribution is 7.99. The Morgan fingerprint density at radius 2 is 1.89 bits per heavy atom. The number of nitrogens with one attached hydrogen (secondary N) is 1. The van der Waals surface area contributed by atoms with E-state index in [1.165, 1.54) is 17.9 Å². The van der Waals surface area contributed by atoms with E-state index in [1.807, 2.05) is 12.1 Å². The molecule has 180 valence electrons. The maximum absolute atomic E-state index is 13.2. The number of halogens is 1. The van der Waals surface area contributed by atoms with Crippen LogP contribution >= 0.6 is 23.4 Å². The van der Waals surface area contributed by atoms with Crippen molar-refractivity contribution in [2.75, 3.05) is 5.75 Å². The van der Waals surface area contributed by atoms with Gasteiger partial charge in [-0.15, -0.1) is 10.2 Å². The van der Waals surface area contributed by atoms with Crippen LogP contribution in [0.5, 0.6) is 0 Å². The highest BCUT2D eigenvalue weighted by atomic mass is 35.5. The molecule has 1 aromatic carbocycles. The highest BCUT2D eigenvalue weighted by Crippen LogP contribution is 2.24. The number of thioether (sulfide) groups is 1. The number of rotatable bonds is 7. The van der Waals surface area contributed by atoms with Gasteiger partial charge in [0.15, 0.2) is 16.3 Å². The molecular weight excluding hydrogens is 494 g/mol. The molecule has 13 heteroatoms. The van der Waals surface area contributed by atoms with Crippen LogP contribution in [0.15, 0.2) is 61.8 Å². The first-order valence-electron chi connectivity index (χ1n) is 10.5. The van der Waals surface area contributed by atoms with Crippen LogP contribution in [0.25, 0.3) is 16.9 Å². The molecule has 0 radical (unpaired) electrons. The van der Waals surface area contributed by atoms with Crippen LogP contribution in [0.3, 0.4) is 0 Å². The van der Waals surface area contributed by atoms with E-state index in [4.69, 9.17) is 16.0 Å². The van der Waals surface area contributed by atoms with Gasteiger partial charge in [-0.3, -0.25) is 23.3 Å². The first-order valence-corrected chi connectivity index (χ1v) is 11.9. The van der Waals surface area contributed by atoms with Crippen LogP contribution in [0.1, 0.15) is 11.3 Å². The van der Waals surface area contributed by atoms with E-state index >= 15 is 0 Å². The zero-order chi connectivity index (χ0) is 24.7. The lowest BCUT2D eigenvalue weighted by Crippen LogP contribution is -2.37. The van der Waals surface area contributed by atoms with Crippen molar-refractivity contribution in [2.45, 2.75) is 18.2 Å². The maximum atomic E-state index is 13.2. The van der Waals surface area contributed by atoms with Gasteiger partial charge in [-0.2, -0.15) is 0 Å². The summed E-state index contributed by atoms with van der Waals surface area (Å²) < 4.78 is 11.0. The van der Waals surface area contributed by atoms with Crippen LogP contribution < -0.4 is 16.6 Å². The van der Waals surface area contributed by atoms with E-state index in [0.29, 0.717) is 39.4 Å². The average molecular weight is 514 g/mol. The molecule has 5 rings (SSSR count).